The van der Waals surface area contributed by atoms with E-state index in [1.807, 2.05) is 52.0 Å². The number of hydrogen-bond donors (Lipinski definition) is 1. The van der Waals surface area contributed by atoms with Gasteiger partial charge < -0.3 is 18.9 Å². The maximum absolute atomic E-state index is 13.0. The van der Waals surface area contributed by atoms with Crippen molar-refractivity contribution in [3.63, 3.8) is 0 Å². The summed E-state index contributed by atoms with van der Waals surface area (Å²) < 4.78 is 16.8. The summed E-state index contributed by atoms with van der Waals surface area (Å²) in [5.74, 6) is 0.780. The van der Waals surface area contributed by atoms with Gasteiger partial charge in [-0.05, 0) is 40.2 Å². The number of carbonyl (C=O) groups excluding carboxylic acids is 2. The summed E-state index contributed by atoms with van der Waals surface area (Å²) >= 11 is 0. The predicted octanol–water partition coefficient (Wildman–Crippen LogP) is 4.28. The smallest absolute Gasteiger partial charge is 0.311 e. The minimum atomic E-state index is -0.546. The Balaban J connectivity index is 1.21. The molecule has 1 aromatic carbocycles. The summed E-state index contributed by atoms with van der Waals surface area (Å²) in [6, 6.07) is 7.65. The third kappa shape index (κ3) is 5.45. The van der Waals surface area contributed by atoms with Crippen LogP contribution in [-0.2, 0) is 16.1 Å². The second kappa shape index (κ2) is 9.30. The summed E-state index contributed by atoms with van der Waals surface area (Å²) in [6.07, 6.45) is 3.54. The molecule has 5 rings (SSSR count). The van der Waals surface area contributed by atoms with E-state index in [9.17, 15) is 9.59 Å². The van der Waals surface area contributed by atoms with Gasteiger partial charge in [0.1, 0.15) is 18.9 Å². The molecule has 11 nitrogen and oxygen atoms in total. The number of anilines is 1. The van der Waals surface area contributed by atoms with Crippen LogP contribution in [0.4, 0.5) is 5.82 Å². The number of benzene rings is 1. The average molecular weight is 505 g/mol. The van der Waals surface area contributed by atoms with E-state index in [0.717, 1.165) is 23.2 Å². The molecule has 2 unspecified atom stereocenters. The topological polar surface area (TPSA) is 138 Å². The molecule has 1 aliphatic rings. The van der Waals surface area contributed by atoms with Gasteiger partial charge in [-0.25, -0.2) is 9.97 Å². The molecular weight excluding hydrogens is 476 g/mol. The Morgan fingerprint density at radius 3 is 2.78 bits per heavy atom. The van der Waals surface area contributed by atoms with Crippen LogP contribution in [0, 0.1) is 19.3 Å². The molecule has 0 spiro atoms. The fraction of sp³-hybridized carbons (Fsp3) is 0.385. The highest BCUT2D eigenvalue weighted by atomic mass is 16.6. The highest BCUT2D eigenvalue weighted by Crippen LogP contribution is 2.43. The van der Waals surface area contributed by atoms with Crippen molar-refractivity contribution in [2.45, 2.75) is 59.6 Å². The Labute approximate surface area is 213 Å². The highest BCUT2D eigenvalue weighted by Gasteiger charge is 2.45. The van der Waals surface area contributed by atoms with Crippen LogP contribution in [0.3, 0.4) is 0 Å². The minimum absolute atomic E-state index is 0.0257. The van der Waals surface area contributed by atoms with Gasteiger partial charge in [0.2, 0.25) is 5.89 Å². The number of carbonyl (C=O) groups is 2. The van der Waals surface area contributed by atoms with Gasteiger partial charge in [-0.3, -0.25) is 9.59 Å². The van der Waals surface area contributed by atoms with E-state index >= 15 is 0 Å². The van der Waals surface area contributed by atoms with E-state index in [1.165, 1.54) is 11.0 Å². The van der Waals surface area contributed by atoms with E-state index in [-0.39, 0.29) is 36.0 Å². The van der Waals surface area contributed by atoms with E-state index in [4.69, 9.17) is 13.6 Å². The molecular formula is C26H28N6O5. The van der Waals surface area contributed by atoms with Crippen molar-refractivity contribution in [3.8, 4) is 11.3 Å². The van der Waals surface area contributed by atoms with Crippen LogP contribution in [0.2, 0.25) is 0 Å². The number of esters is 1. The second-order valence-electron chi connectivity index (χ2n) is 10.2. The minimum Gasteiger partial charge on any atom is -0.461 e. The SMILES string of the molecule is Cc1cccc(-c2oc(C)nc2C(=O)Nc2cnn(Cc3nc(C4CC4OC(=O)C(C)(C)C)co3)n2)c1. The number of nitrogens with one attached hydrogen (secondary N) is 1. The van der Waals surface area contributed by atoms with Gasteiger partial charge in [0.15, 0.2) is 23.2 Å². The lowest BCUT2D eigenvalue weighted by atomic mass is 9.97. The van der Waals surface area contributed by atoms with Crippen LogP contribution < -0.4 is 5.32 Å². The summed E-state index contributed by atoms with van der Waals surface area (Å²) in [7, 11) is 0. The fourth-order valence-corrected chi connectivity index (χ4v) is 3.79. The first-order chi connectivity index (χ1) is 17.6. The Morgan fingerprint density at radius 1 is 1.22 bits per heavy atom. The van der Waals surface area contributed by atoms with Crippen LogP contribution in [0.5, 0.6) is 0 Å². The third-order valence-electron chi connectivity index (χ3n) is 5.84. The van der Waals surface area contributed by atoms with Crippen molar-refractivity contribution in [2.75, 3.05) is 5.32 Å². The first-order valence-corrected chi connectivity index (χ1v) is 12.0. The normalized spacial score (nSPS) is 17.0. The average Bonchev–Trinajstić information content (AvgIpc) is 3.17. The molecule has 1 amide bonds. The molecule has 0 saturated heterocycles. The summed E-state index contributed by atoms with van der Waals surface area (Å²) in [5.41, 5.74) is 2.16. The first-order valence-electron chi connectivity index (χ1n) is 12.0. The second-order valence-corrected chi connectivity index (χ2v) is 10.2. The van der Waals surface area contributed by atoms with Crippen molar-refractivity contribution in [3.05, 3.63) is 65.5 Å². The number of hydrogen-bond acceptors (Lipinski definition) is 9. The quantitative estimate of drug-likeness (QED) is 0.365. The Bertz CT molecular complexity index is 1460. The van der Waals surface area contributed by atoms with Gasteiger partial charge in [0.25, 0.3) is 5.91 Å². The van der Waals surface area contributed by atoms with Crippen molar-refractivity contribution in [1.29, 1.82) is 0 Å². The predicted molar refractivity (Wildman–Crippen MR) is 132 cm³/mol. The molecule has 1 aliphatic carbocycles. The number of ether oxygens (including phenoxy) is 1. The van der Waals surface area contributed by atoms with Gasteiger partial charge in [-0.15, -0.1) is 5.10 Å². The van der Waals surface area contributed by atoms with Crippen LogP contribution in [0.1, 0.15) is 66.6 Å². The molecule has 0 radical (unpaired) electrons. The molecule has 2 atom stereocenters. The number of rotatable bonds is 7. The van der Waals surface area contributed by atoms with Crippen LogP contribution in [-0.4, -0.2) is 42.9 Å². The van der Waals surface area contributed by atoms with Crippen molar-refractivity contribution in [2.24, 2.45) is 5.41 Å². The van der Waals surface area contributed by atoms with Gasteiger partial charge in [0, 0.05) is 18.4 Å². The lowest BCUT2D eigenvalue weighted by molar-refractivity contribution is -0.154. The molecule has 192 valence electrons. The Kier molecular flexibility index (Phi) is 6.14. The van der Waals surface area contributed by atoms with Crippen molar-refractivity contribution in [1.82, 2.24) is 25.0 Å². The number of nitrogens with zero attached hydrogens (tertiary/aromatic N) is 5. The van der Waals surface area contributed by atoms with Gasteiger partial charge in [0.05, 0.1) is 17.3 Å². The standard InChI is InChI=1S/C26H28N6O5/c1-14-7-6-8-16(9-14)23-22(28-15(2)36-23)24(33)30-20-11-27-32(31-20)12-21-29-18(13-35-21)17-10-19(17)37-25(34)26(3,4)5/h6-9,11,13,17,19H,10,12H2,1-5H3,(H,30,31,33). The number of amides is 1. The molecule has 1 N–H and O–H groups in total. The summed E-state index contributed by atoms with van der Waals surface area (Å²) in [4.78, 5) is 35.2. The Morgan fingerprint density at radius 2 is 2.03 bits per heavy atom. The maximum Gasteiger partial charge on any atom is 0.311 e. The zero-order chi connectivity index (χ0) is 26.3. The molecule has 3 heterocycles. The van der Waals surface area contributed by atoms with Crippen LogP contribution in [0.25, 0.3) is 11.3 Å². The molecule has 3 aromatic heterocycles. The molecule has 1 saturated carbocycles. The first kappa shape index (κ1) is 24.4. The van der Waals surface area contributed by atoms with E-state index in [2.05, 4.69) is 25.5 Å². The maximum atomic E-state index is 13.0. The molecule has 1 fully saturated rings. The molecule has 0 aliphatic heterocycles. The van der Waals surface area contributed by atoms with Gasteiger partial charge >= 0.3 is 5.97 Å². The lowest BCUT2D eigenvalue weighted by Gasteiger charge is -2.16. The van der Waals surface area contributed by atoms with E-state index in [0.29, 0.717) is 17.5 Å². The van der Waals surface area contributed by atoms with E-state index in [1.54, 1.807) is 13.2 Å². The van der Waals surface area contributed by atoms with Crippen molar-refractivity contribution >= 4 is 17.7 Å². The zero-order valence-corrected chi connectivity index (χ0v) is 21.3. The molecule has 0 bridgehead atoms. The largest absolute Gasteiger partial charge is 0.461 e. The monoisotopic (exact) mass is 504 g/mol. The van der Waals surface area contributed by atoms with Crippen LogP contribution in [0.15, 0.2) is 45.6 Å². The number of aromatic nitrogens is 5. The van der Waals surface area contributed by atoms with Crippen LogP contribution >= 0.6 is 0 Å². The molecule has 4 aromatic rings. The lowest BCUT2D eigenvalue weighted by Crippen LogP contribution is -2.24. The molecule has 11 heteroatoms. The zero-order valence-electron chi connectivity index (χ0n) is 21.3. The van der Waals surface area contributed by atoms with Crippen molar-refractivity contribution < 1.29 is 23.2 Å². The molecule has 37 heavy (non-hydrogen) atoms. The highest BCUT2D eigenvalue weighted by molar-refractivity contribution is 6.05. The Hall–Kier alpha value is -4.28. The van der Waals surface area contributed by atoms with Gasteiger partial charge in [-0.1, -0.05) is 23.8 Å². The van der Waals surface area contributed by atoms with E-state index < -0.39 is 11.3 Å². The number of aryl methyl sites for hydroxylation is 2. The summed E-state index contributed by atoms with van der Waals surface area (Å²) in [6.45, 7) is 9.30. The third-order valence-corrected chi connectivity index (χ3v) is 5.84. The summed E-state index contributed by atoms with van der Waals surface area (Å²) in [5, 5.41) is 11.2. The van der Waals surface area contributed by atoms with Gasteiger partial charge in [-0.2, -0.15) is 9.90 Å². The number of oxazole rings is 2. The fourth-order valence-electron chi connectivity index (χ4n) is 3.79.